The van der Waals surface area contributed by atoms with Gasteiger partial charge < -0.3 is 5.11 Å². The zero-order chi connectivity index (χ0) is 12.1. The first-order valence-corrected chi connectivity index (χ1v) is 5.46. The van der Waals surface area contributed by atoms with Gasteiger partial charge in [0.2, 0.25) is 5.78 Å². The molecule has 0 radical (unpaired) electrons. The van der Waals surface area contributed by atoms with Gasteiger partial charge in [-0.25, -0.2) is 4.79 Å². The molecule has 1 aromatic rings. The fourth-order valence-electron chi connectivity index (χ4n) is 1.26. The molecule has 0 aliphatic carbocycles. The Morgan fingerprint density at radius 1 is 1.19 bits per heavy atom. The molecule has 1 N–H and O–H groups in total. The minimum atomic E-state index is -1.38. The number of rotatable bonds is 5. The summed E-state index contributed by atoms with van der Waals surface area (Å²) in [5, 5.41) is 9.31. The second-order valence-electron chi connectivity index (χ2n) is 3.33. The molecule has 0 amide bonds. The zero-order valence-corrected chi connectivity index (χ0v) is 9.88. The van der Waals surface area contributed by atoms with Crippen LogP contribution in [0.15, 0.2) is 18.2 Å². The van der Waals surface area contributed by atoms with Crippen LogP contribution in [0.25, 0.3) is 0 Å². The van der Waals surface area contributed by atoms with Gasteiger partial charge in [0.25, 0.3) is 0 Å². The molecule has 86 valence electrons. The number of aliphatic carboxylic acids is 1. The third-order valence-electron chi connectivity index (χ3n) is 2.09. The van der Waals surface area contributed by atoms with Gasteiger partial charge in [-0.05, 0) is 30.5 Å². The summed E-state index contributed by atoms with van der Waals surface area (Å²) in [7, 11) is 0. The van der Waals surface area contributed by atoms with E-state index in [-0.39, 0.29) is 6.42 Å². The summed E-state index contributed by atoms with van der Waals surface area (Å²) in [6.45, 7) is 0. The highest BCUT2D eigenvalue weighted by atomic mass is 35.5. The second kappa shape index (κ2) is 5.87. The van der Waals surface area contributed by atoms with E-state index < -0.39 is 11.8 Å². The van der Waals surface area contributed by atoms with Crippen LogP contribution in [0, 0.1) is 0 Å². The van der Waals surface area contributed by atoms with E-state index in [9.17, 15) is 9.59 Å². The van der Waals surface area contributed by atoms with Crippen molar-refractivity contribution in [3.05, 3.63) is 33.8 Å². The van der Waals surface area contributed by atoms with Crippen LogP contribution in [-0.2, 0) is 16.0 Å². The molecule has 0 heterocycles. The maximum Gasteiger partial charge on any atom is 0.372 e. The van der Waals surface area contributed by atoms with E-state index in [1.165, 1.54) is 0 Å². The van der Waals surface area contributed by atoms with E-state index in [1.807, 2.05) is 0 Å². The first-order valence-electron chi connectivity index (χ1n) is 4.70. The second-order valence-corrected chi connectivity index (χ2v) is 4.14. The number of benzene rings is 1. The smallest absolute Gasteiger partial charge is 0.372 e. The lowest BCUT2D eigenvalue weighted by atomic mass is 10.1. The Kier molecular flexibility index (Phi) is 4.77. The molecule has 0 unspecified atom stereocenters. The van der Waals surface area contributed by atoms with Crippen molar-refractivity contribution in [3.8, 4) is 0 Å². The van der Waals surface area contributed by atoms with Crippen LogP contribution in [0.5, 0.6) is 0 Å². The molecule has 0 bridgehead atoms. The lowest BCUT2D eigenvalue weighted by Gasteiger charge is -2.02. The van der Waals surface area contributed by atoms with E-state index in [4.69, 9.17) is 28.3 Å². The van der Waals surface area contributed by atoms with Gasteiger partial charge in [0.1, 0.15) is 0 Å². The Balaban J connectivity index is 2.46. The molecule has 5 heteroatoms. The standard InChI is InChI=1S/C11H10Cl2O3/c12-8-5-4-7(6-9(8)13)2-1-3-10(14)11(15)16/h4-6H,1-3H2,(H,15,16). The molecular weight excluding hydrogens is 251 g/mol. The van der Waals surface area contributed by atoms with Crippen LogP contribution in [0.1, 0.15) is 18.4 Å². The number of aryl methyl sites for hydroxylation is 1. The van der Waals surface area contributed by atoms with Crippen LogP contribution in [0.2, 0.25) is 10.0 Å². The normalized spacial score (nSPS) is 10.1. The van der Waals surface area contributed by atoms with E-state index >= 15 is 0 Å². The Morgan fingerprint density at radius 3 is 2.44 bits per heavy atom. The van der Waals surface area contributed by atoms with E-state index in [0.29, 0.717) is 22.9 Å². The van der Waals surface area contributed by atoms with Crippen molar-refractivity contribution in [2.24, 2.45) is 0 Å². The molecule has 0 fully saturated rings. The number of hydrogen-bond acceptors (Lipinski definition) is 2. The number of halogens is 2. The lowest BCUT2D eigenvalue weighted by molar-refractivity contribution is -0.149. The largest absolute Gasteiger partial charge is 0.476 e. The fourth-order valence-corrected chi connectivity index (χ4v) is 1.58. The minimum Gasteiger partial charge on any atom is -0.476 e. The van der Waals surface area contributed by atoms with Gasteiger partial charge in [-0.2, -0.15) is 0 Å². The highest BCUT2D eigenvalue weighted by molar-refractivity contribution is 6.42. The maximum absolute atomic E-state index is 10.8. The molecule has 0 saturated heterocycles. The number of carbonyl (C=O) groups is 2. The van der Waals surface area contributed by atoms with Crippen LogP contribution < -0.4 is 0 Å². The van der Waals surface area contributed by atoms with Crippen molar-refractivity contribution in [2.45, 2.75) is 19.3 Å². The molecule has 0 atom stereocenters. The lowest BCUT2D eigenvalue weighted by Crippen LogP contribution is -2.12. The van der Waals surface area contributed by atoms with Gasteiger partial charge in [0.05, 0.1) is 10.0 Å². The van der Waals surface area contributed by atoms with Gasteiger partial charge in [-0.3, -0.25) is 4.79 Å². The van der Waals surface area contributed by atoms with Crippen LogP contribution in [0.3, 0.4) is 0 Å². The van der Waals surface area contributed by atoms with Crippen molar-refractivity contribution < 1.29 is 14.7 Å². The van der Waals surface area contributed by atoms with Crippen molar-refractivity contribution in [3.63, 3.8) is 0 Å². The van der Waals surface area contributed by atoms with Crippen molar-refractivity contribution in [1.82, 2.24) is 0 Å². The quantitative estimate of drug-likeness (QED) is 0.829. The molecule has 0 saturated carbocycles. The predicted octanol–water partition coefficient (Wildman–Crippen LogP) is 2.97. The first-order chi connectivity index (χ1) is 7.50. The average molecular weight is 261 g/mol. The highest BCUT2D eigenvalue weighted by Gasteiger charge is 2.10. The molecule has 0 aliphatic heterocycles. The number of ketones is 1. The monoisotopic (exact) mass is 260 g/mol. The number of Topliss-reactive ketones (excluding diaryl/α,β-unsaturated/α-hetero) is 1. The van der Waals surface area contributed by atoms with Crippen molar-refractivity contribution >= 4 is 35.0 Å². The highest BCUT2D eigenvalue weighted by Crippen LogP contribution is 2.23. The summed E-state index contributed by atoms with van der Waals surface area (Å²) >= 11 is 11.6. The topological polar surface area (TPSA) is 54.4 Å². The number of carboxylic acids is 1. The summed E-state index contributed by atoms with van der Waals surface area (Å²) in [6.07, 6.45) is 1.13. The summed E-state index contributed by atoms with van der Waals surface area (Å²) < 4.78 is 0. The molecule has 1 rings (SSSR count). The van der Waals surface area contributed by atoms with Crippen LogP contribution in [-0.4, -0.2) is 16.9 Å². The molecular formula is C11H10Cl2O3. The van der Waals surface area contributed by atoms with Gasteiger partial charge in [0.15, 0.2) is 0 Å². The summed E-state index contributed by atoms with van der Waals surface area (Å²) in [5.74, 6) is -2.14. The van der Waals surface area contributed by atoms with Gasteiger partial charge in [-0.1, -0.05) is 29.3 Å². The molecule has 0 aliphatic rings. The SMILES string of the molecule is O=C(O)C(=O)CCCc1ccc(Cl)c(Cl)c1. The van der Waals surface area contributed by atoms with Crippen molar-refractivity contribution in [2.75, 3.05) is 0 Å². The van der Waals surface area contributed by atoms with E-state index in [2.05, 4.69) is 0 Å². The molecule has 16 heavy (non-hydrogen) atoms. The van der Waals surface area contributed by atoms with Gasteiger partial charge in [0, 0.05) is 6.42 Å². The van der Waals surface area contributed by atoms with E-state index in [0.717, 1.165) is 5.56 Å². The van der Waals surface area contributed by atoms with Crippen molar-refractivity contribution in [1.29, 1.82) is 0 Å². The number of hydrogen-bond donors (Lipinski definition) is 1. The predicted molar refractivity (Wildman–Crippen MR) is 62.0 cm³/mol. The summed E-state index contributed by atoms with van der Waals surface area (Å²) in [5.41, 5.74) is 0.938. The first kappa shape index (κ1) is 13.0. The van der Waals surface area contributed by atoms with Crippen LogP contribution in [0.4, 0.5) is 0 Å². The number of carbonyl (C=O) groups excluding carboxylic acids is 1. The van der Waals surface area contributed by atoms with Gasteiger partial charge >= 0.3 is 5.97 Å². The zero-order valence-electron chi connectivity index (χ0n) is 8.37. The maximum atomic E-state index is 10.8. The van der Waals surface area contributed by atoms with Crippen LogP contribution >= 0.6 is 23.2 Å². The Morgan fingerprint density at radius 2 is 1.88 bits per heavy atom. The van der Waals surface area contributed by atoms with Gasteiger partial charge in [-0.15, -0.1) is 0 Å². The Labute approximate surface area is 103 Å². The molecule has 0 spiro atoms. The third kappa shape index (κ3) is 3.83. The average Bonchev–Trinajstić information content (AvgIpc) is 2.23. The third-order valence-corrected chi connectivity index (χ3v) is 2.83. The molecule has 3 nitrogen and oxygen atoms in total. The summed E-state index contributed by atoms with van der Waals surface area (Å²) in [4.78, 5) is 21.1. The summed E-state index contributed by atoms with van der Waals surface area (Å²) in [6, 6.07) is 5.20. The fraction of sp³-hybridized carbons (Fsp3) is 0.273. The molecule has 1 aromatic carbocycles. The number of carboxylic acid groups (broad SMARTS) is 1. The molecule has 0 aromatic heterocycles. The Hall–Kier alpha value is -1.06. The minimum absolute atomic E-state index is 0.0373. The Bertz CT molecular complexity index is 416. The van der Waals surface area contributed by atoms with E-state index in [1.54, 1.807) is 18.2 Å².